The largest absolute Gasteiger partial charge is 0.369 e. The Morgan fingerprint density at radius 1 is 1.57 bits per heavy atom. The molecule has 7 heteroatoms. The van der Waals surface area contributed by atoms with E-state index < -0.39 is 21.2 Å². The van der Waals surface area contributed by atoms with E-state index in [0.717, 1.165) is 13.0 Å². The second kappa shape index (κ2) is 4.72. The first-order chi connectivity index (χ1) is 6.52. The lowest BCUT2D eigenvalue weighted by Crippen LogP contribution is -2.46. The first-order valence-electron chi connectivity index (χ1n) is 4.50. The molecule has 0 aromatic rings. The van der Waals surface area contributed by atoms with Crippen LogP contribution in [-0.2, 0) is 14.8 Å². The van der Waals surface area contributed by atoms with Gasteiger partial charge < -0.3 is 11.1 Å². The van der Waals surface area contributed by atoms with Crippen molar-refractivity contribution in [2.45, 2.75) is 18.1 Å². The van der Waals surface area contributed by atoms with Gasteiger partial charge in [0.2, 0.25) is 15.9 Å². The summed E-state index contributed by atoms with van der Waals surface area (Å²) in [6, 6.07) is 0. The van der Waals surface area contributed by atoms with Gasteiger partial charge >= 0.3 is 0 Å². The van der Waals surface area contributed by atoms with E-state index >= 15 is 0 Å². The van der Waals surface area contributed by atoms with Gasteiger partial charge in [0, 0.05) is 6.54 Å². The molecule has 82 valence electrons. The third kappa shape index (κ3) is 3.24. The molecule has 0 aliphatic carbocycles. The lowest BCUT2D eigenvalue weighted by Gasteiger charge is -2.22. The zero-order valence-electron chi connectivity index (χ0n) is 7.82. The third-order valence-corrected chi connectivity index (χ3v) is 3.96. The van der Waals surface area contributed by atoms with Crippen molar-refractivity contribution in [3.63, 3.8) is 0 Å². The molecule has 1 saturated heterocycles. The molecule has 14 heavy (non-hydrogen) atoms. The summed E-state index contributed by atoms with van der Waals surface area (Å²) < 4.78 is 25.2. The van der Waals surface area contributed by atoms with E-state index in [9.17, 15) is 13.2 Å². The molecule has 0 aromatic heterocycles. The Kier molecular flexibility index (Phi) is 3.85. The molecule has 1 aliphatic rings. The van der Waals surface area contributed by atoms with Gasteiger partial charge in [-0.1, -0.05) is 0 Å². The van der Waals surface area contributed by atoms with Crippen LogP contribution < -0.4 is 15.8 Å². The van der Waals surface area contributed by atoms with Crippen molar-refractivity contribution in [1.29, 1.82) is 0 Å². The lowest BCUT2D eigenvalue weighted by atomic mass is 10.2. The fraction of sp³-hybridized carbons (Fsp3) is 0.857. The summed E-state index contributed by atoms with van der Waals surface area (Å²) in [4.78, 5) is 10.4. The molecular weight excluding hydrogens is 206 g/mol. The molecule has 0 radical (unpaired) electrons. The van der Waals surface area contributed by atoms with E-state index in [4.69, 9.17) is 5.73 Å². The Morgan fingerprint density at radius 3 is 2.79 bits per heavy atom. The molecule has 6 nitrogen and oxygen atoms in total. The monoisotopic (exact) mass is 221 g/mol. The van der Waals surface area contributed by atoms with Crippen LogP contribution >= 0.6 is 0 Å². The maximum Gasteiger partial charge on any atom is 0.232 e. The normalized spacial score (nSPS) is 23.3. The van der Waals surface area contributed by atoms with Gasteiger partial charge in [0.15, 0.2) is 0 Å². The maximum absolute atomic E-state index is 11.5. The molecule has 0 bridgehead atoms. The van der Waals surface area contributed by atoms with Crippen LogP contribution in [-0.4, -0.2) is 39.2 Å². The van der Waals surface area contributed by atoms with Gasteiger partial charge in [0.25, 0.3) is 0 Å². The molecule has 1 unspecified atom stereocenters. The lowest BCUT2D eigenvalue weighted by molar-refractivity contribution is -0.116. The molecular formula is C7H15N3O3S. The second-order valence-electron chi connectivity index (χ2n) is 3.30. The number of amides is 1. The standard InChI is InChI=1S/C7H15N3O3S/c8-7(11)5-10-14(12,13)6-2-1-3-9-4-6/h6,9-10H,1-5H2,(H2,8,11). The van der Waals surface area contributed by atoms with E-state index in [0.29, 0.717) is 13.0 Å². The van der Waals surface area contributed by atoms with Crippen LogP contribution in [0.4, 0.5) is 0 Å². The average Bonchev–Trinajstić information content (AvgIpc) is 2.16. The van der Waals surface area contributed by atoms with E-state index in [1.54, 1.807) is 0 Å². The highest BCUT2D eigenvalue weighted by molar-refractivity contribution is 7.90. The van der Waals surface area contributed by atoms with Crippen LogP contribution in [0, 0.1) is 0 Å². The second-order valence-corrected chi connectivity index (χ2v) is 5.35. The highest BCUT2D eigenvalue weighted by Gasteiger charge is 2.26. The zero-order valence-corrected chi connectivity index (χ0v) is 8.64. The number of piperidine rings is 1. The van der Waals surface area contributed by atoms with Crippen molar-refractivity contribution in [3.8, 4) is 0 Å². The van der Waals surface area contributed by atoms with Gasteiger partial charge in [-0.05, 0) is 19.4 Å². The number of carbonyl (C=O) groups is 1. The Morgan fingerprint density at radius 2 is 2.29 bits per heavy atom. The Balaban J connectivity index is 2.50. The number of rotatable bonds is 4. The van der Waals surface area contributed by atoms with Crippen LogP contribution in [0.15, 0.2) is 0 Å². The van der Waals surface area contributed by atoms with Gasteiger partial charge in [-0.15, -0.1) is 0 Å². The fourth-order valence-electron chi connectivity index (χ4n) is 1.37. The van der Waals surface area contributed by atoms with Crippen molar-refractivity contribution in [3.05, 3.63) is 0 Å². The minimum absolute atomic E-state index is 0.321. The predicted octanol–water partition coefficient (Wildman–Crippen LogP) is -1.86. The van der Waals surface area contributed by atoms with Crippen molar-refractivity contribution in [2.24, 2.45) is 5.73 Å². The summed E-state index contributed by atoms with van der Waals surface area (Å²) in [7, 11) is -3.39. The first kappa shape index (κ1) is 11.4. The number of nitrogens with one attached hydrogen (secondary N) is 2. The molecule has 1 aliphatic heterocycles. The van der Waals surface area contributed by atoms with Crippen molar-refractivity contribution >= 4 is 15.9 Å². The summed E-state index contributed by atoms with van der Waals surface area (Å²) in [6.45, 7) is 0.967. The fourth-order valence-corrected chi connectivity index (χ4v) is 2.77. The Bertz CT molecular complexity index is 295. The molecule has 1 fully saturated rings. The van der Waals surface area contributed by atoms with Crippen LogP contribution in [0.25, 0.3) is 0 Å². The molecule has 1 atom stereocenters. The van der Waals surface area contributed by atoms with Gasteiger partial charge in [-0.25, -0.2) is 13.1 Å². The van der Waals surface area contributed by atoms with E-state index in [1.807, 2.05) is 0 Å². The highest BCUT2D eigenvalue weighted by Crippen LogP contribution is 2.09. The molecule has 0 spiro atoms. The van der Waals surface area contributed by atoms with E-state index in [1.165, 1.54) is 0 Å². The molecule has 1 rings (SSSR count). The Hall–Kier alpha value is -0.660. The van der Waals surface area contributed by atoms with Crippen molar-refractivity contribution in [2.75, 3.05) is 19.6 Å². The van der Waals surface area contributed by atoms with Crippen LogP contribution in [0.1, 0.15) is 12.8 Å². The predicted molar refractivity (Wildman–Crippen MR) is 52.0 cm³/mol. The number of carbonyl (C=O) groups excluding carboxylic acids is 1. The number of nitrogens with two attached hydrogens (primary N) is 1. The SMILES string of the molecule is NC(=O)CNS(=O)(=O)C1CCCNC1. The molecule has 1 amide bonds. The van der Waals surface area contributed by atoms with Crippen LogP contribution in [0.5, 0.6) is 0 Å². The quantitative estimate of drug-likeness (QED) is 0.518. The van der Waals surface area contributed by atoms with Gasteiger partial charge in [0.05, 0.1) is 11.8 Å². The van der Waals surface area contributed by atoms with Gasteiger partial charge in [-0.2, -0.15) is 0 Å². The van der Waals surface area contributed by atoms with Crippen LogP contribution in [0.3, 0.4) is 0 Å². The summed E-state index contributed by atoms with van der Waals surface area (Å²) >= 11 is 0. The molecule has 1 heterocycles. The summed E-state index contributed by atoms with van der Waals surface area (Å²) in [6.07, 6.45) is 1.46. The van der Waals surface area contributed by atoms with Gasteiger partial charge in [-0.3, -0.25) is 4.79 Å². The first-order valence-corrected chi connectivity index (χ1v) is 6.04. The summed E-state index contributed by atoms with van der Waals surface area (Å²) in [5.41, 5.74) is 4.85. The van der Waals surface area contributed by atoms with E-state index in [2.05, 4.69) is 10.0 Å². The zero-order chi connectivity index (χ0) is 10.6. The topological polar surface area (TPSA) is 101 Å². The minimum Gasteiger partial charge on any atom is -0.369 e. The Labute approximate surface area is 83.3 Å². The smallest absolute Gasteiger partial charge is 0.232 e. The molecule has 0 saturated carbocycles. The number of hydrogen-bond donors (Lipinski definition) is 3. The maximum atomic E-state index is 11.5. The number of primary amides is 1. The average molecular weight is 221 g/mol. The summed E-state index contributed by atoms with van der Waals surface area (Å²) in [5, 5.41) is 2.54. The van der Waals surface area contributed by atoms with E-state index in [-0.39, 0.29) is 6.54 Å². The minimum atomic E-state index is -3.39. The highest BCUT2D eigenvalue weighted by atomic mass is 32.2. The molecule has 4 N–H and O–H groups in total. The number of sulfonamides is 1. The molecule has 0 aromatic carbocycles. The van der Waals surface area contributed by atoms with Crippen molar-refractivity contribution < 1.29 is 13.2 Å². The third-order valence-electron chi connectivity index (χ3n) is 2.14. The van der Waals surface area contributed by atoms with Gasteiger partial charge in [0.1, 0.15) is 0 Å². The van der Waals surface area contributed by atoms with Crippen LogP contribution in [0.2, 0.25) is 0 Å². The number of hydrogen-bond acceptors (Lipinski definition) is 4. The summed E-state index contributed by atoms with van der Waals surface area (Å²) in [5.74, 6) is -0.669. The van der Waals surface area contributed by atoms with Crippen molar-refractivity contribution in [1.82, 2.24) is 10.0 Å².